The lowest BCUT2D eigenvalue weighted by Crippen LogP contribution is -2.37. The number of aromatic nitrogens is 2. The highest BCUT2D eigenvalue weighted by molar-refractivity contribution is 5.58. The Morgan fingerprint density at radius 1 is 1.41 bits per heavy atom. The first-order chi connectivity index (χ1) is 7.89. The van der Waals surface area contributed by atoms with Crippen LogP contribution < -0.4 is 10.2 Å². The number of nitrogens with one attached hydrogen (secondary N) is 1. The first-order valence-corrected chi connectivity index (χ1v) is 5.84. The van der Waals surface area contributed by atoms with Gasteiger partial charge in [0.05, 0.1) is 5.60 Å². The van der Waals surface area contributed by atoms with E-state index in [1.165, 1.54) is 0 Å². The summed E-state index contributed by atoms with van der Waals surface area (Å²) in [4.78, 5) is 10.5. The highest BCUT2D eigenvalue weighted by Gasteiger charge is 2.19. The largest absolute Gasteiger partial charge is 0.389 e. The zero-order valence-electron chi connectivity index (χ0n) is 11.3. The van der Waals surface area contributed by atoms with Gasteiger partial charge in [-0.2, -0.15) is 0 Å². The maximum Gasteiger partial charge on any atom is 0.137 e. The van der Waals surface area contributed by atoms with Gasteiger partial charge in [0.1, 0.15) is 18.0 Å². The summed E-state index contributed by atoms with van der Waals surface area (Å²) < 4.78 is 0. The third kappa shape index (κ3) is 3.56. The molecule has 0 spiro atoms. The van der Waals surface area contributed by atoms with E-state index >= 15 is 0 Å². The van der Waals surface area contributed by atoms with Crippen LogP contribution in [-0.2, 0) is 6.42 Å². The van der Waals surface area contributed by atoms with Gasteiger partial charge in [-0.3, -0.25) is 0 Å². The molecule has 1 aromatic heterocycles. The topological polar surface area (TPSA) is 61.3 Å². The normalized spacial score (nSPS) is 11.4. The SMILES string of the molecule is CCc1c(NC)ncnc1N(C)CC(C)(C)O. The predicted octanol–water partition coefficient (Wildman–Crippen LogP) is 1.29. The van der Waals surface area contributed by atoms with Crippen LogP contribution in [0, 0.1) is 0 Å². The van der Waals surface area contributed by atoms with E-state index in [1.54, 1.807) is 20.2 Å². The predicted molar refractivity (Wildman–Crippen MR) is 70.5 cm³/mol. The molecule has 0 fully saturated rings. The van der Waals surface area contributed by atoms with Crippen molar-refractivity contribution in [2.75, 3.05) is 30.9 Å². The molecule has 5 nitrogen and oxygen atoms in total. The van der Waals surface area contributed by atoms with Crippen LogP contribution in [0.15, 0.2) is 6.33 Å². The average Bonchev–Trinajstić information content (AvgIpc) is 2.25. The lowest BCUT2D eigenvalue weighted by molar-refractivity contribution is 0.0884. The fourth-order valence-electron chi connectivity index (χ4n) is 1.93. The molecule has 0 atom stereocenters. The Hall–Kier alpha value is -1.36. The molecule has 1 aromatic rings. The molecule has 0 aliphatic rings. The second-order valence-corrected chi connectivity index (χ2v) is 4.80. The summed E-state index contributed by atoms with van der Waals surface area (Å²) in [6.45, 7) is 6.17. The zero-order valence-corrected chi connectivity index (χ0v) is 11.3. The number of aliphatic hydroxyl groups is 1. The molecule has 0 aliphatic heterocycles. The molecule has 0 aliphatic carbocycles. The van der Waals surface area contributed by atoms with Crippen LogP contribution in [0.25, 0.3) is 0 Å². The molecule has 17 heavy (non-hydrogen) atoms. The molecule has 0 bridgehead atoms. The highest BCUT2D eigenvalue weighted by Crippen LogP contribution is 2.23. The summed E-state index contributed by atoms with van der Waals surface area (Å²) in [7, 11) is 3.78. The third-order valence-corrected chi connectivity index (χ3v) is 2.50. The zero-order chi connectivity index (χ0) is 13.1. The van der Waals surface area contributed by atoms with Crippen LogP contribution in [0.2, 0.25) is 0 Å². The Balaban J connectivity index is 3.04. The van der Waals surface area contributed by atoms with Gasteiger partial charge in [0, 0.05) is 26.2 Å². The van der Waals surface area contributed by atoms with Gasteiger partial charge < -0.3 is 15.3 Å². The van der Waals surface area contributed by atoms with Crippen molar-refractivity contribution >= 4 is 11.6 Å². The summed E-state index contributed by atoms with van der Waals surface area (Å²) in [5.41, 5.74) is 0.326. The van der Waals surface area contributed by atoms with Crippen LogP contribution in [0.5, 0.6) is 0 Å². The third-order valence-electron chi connectivity index (χ3n) is 2.50. The summed E-state index contributed by atoms with van der Waals surface area (Å²) in [5, 5.41) is 12.9. The second kappa shape index (κ2) is 5.31. The van der Waals surface area contributed by atoms with Gasteiger partial charge in [-0.1, -0.05) is 6.92 Å². The van der Waals surface area contributed by atoms with Crippen molar-refractivity contribution in [1.82, 2.24) is 9.97 Å². The van der Waals surface area contributed by atoms with Crippen molar-refractivity contribution in [2.24, 2.45) is 0 Å². The van der Waals surface area contributed by atoms with Gasteiger partial charge in [0.2, 0.25) is 0 Å². The maximum atomic E-state index is 9.84. The molecule has 1 heterocycles. The van der Waals surface area contributed by atoms with Gasteiger partial charge in [0.15, 0.2) is 0 Å². The summed E-state index contributed by atoms with van der Waals surface area (Å²) in [6.07, 6.45) is 2.39. The quantitative estimate of drug-likeness (QED) is 0.809. The van der Waals surface area contributed by atoms with E-state index in [1.807, 2.05) is 19.0 Å². The van der Waals surface area contributed by atoms with Crippen molar-refractivity contribution in [3.63, 3.8) is 0 Å². The molecule has 0 saturated heterocycles. The molecule has 0 radical (unpaired) electrons. The van der Waals surface area contributed by atoms with Crippen molar-refractivity contribution < 1.29 is 5.11 Å². The highest BCUT2D eigenvalue weighted by atomic mass is 16.3. The van der Waals surface area contributed by atoms with E-state index < -0.39 is 5.60 Å². The monoisotopic (exact) mass is 238 g/mol. The van der Waals surface area contributed by atoms with E-state index in [0.29, 0.717) is 6.54 Å². The van der Waals surface area contributed by atoms with E-state index in [-0.39, 0.29) is 0 Å². The van der Waals surface area contributed by atoms with Crippen LogP contribution in [0.3, 0.4) is 0 Å². The average molecular weight is 238 g/mol. The Kier molecular flexibility index (Phi) is 4.28. The number of rotatable bonds is 5. The minimum atomic E-state index is -0.746. The maximum absolute atomic E-state index is 9.84. The second-order valence-electron chi connectivity index (χ2n) is 4.80. The minimum absolute atomic E-state index is 0.528. The van der Waals surface area contributed by atoms with E-state index in [4.69, 9.17) is 0 Å². The van der Waals surface area contributed by atoms with Crippen LogP contribution in [0.4, 0.5) is 11.6 Å². The van der Waals surface area contributed by atoms with Crippen LogP contribution in [0.1, 0.15) is 26.3 Å². The molecule has 0 aromatic carbocycles. The number of nitrogens with zero attached hydrogens (tertiary/aromatic N) is 3. The molecular formula is C12H22N4O. The van der Waals surface area contributed by atoms with Crippen molar-refractivity contribution in [2.45, 2.75) is 32.8 Å². The van der Waals surface area contributed by atoms with Gasteiger partial charge in [-0.05, 0) is 20.3 Å². The van der Waals surface area contributed by atoms with Crippen molar-refractivity contribution in [3.8, 4) is 0 Å². The first kappa shape index (κ1) is 13.7. The van der Waals surface area contributed by atoms with E-state index in [2.05, 4.69) is 22.2 Å². The minimum Gasteiger partial charge on any atom is -0.389 e. The van der Waals surface area contributed by atoms with E-state index in [9.17, 15) is 5.11 Å². The first-order valence-electron chi connectivity index (χ1n) is 5.84. The molecule has 1 rings (SSSR count). The number of hydrogen-bond donors (Lipinski definition) is 2. The summed E-state index contributed by atoms with van der Waals surface area (Å²) >= 11 is 0. The number of hydrogen-bond acceptors (Lipinski definition) is 5. The van der Waals surface area contributed by atoms with Crippen molar-refractivity contribution in [3.05, 3.63) is 11.9 Å². The van der Waals surface area contributed by atoms with Gasteiger partial charge >= 0.3 is 0 Å². The fraction of sp³-hybridized carbons (Fsp3) is 0.667. The Labute approximate surface area is 103 Å². The molecule has 2 N–H and O–H groups in total. The van der Waals surface area contributed by atoms with E-state index in [0.717, 1.165) is 23.6 Å². The standard InChI is InChI=1S/C12H22N4O/c1-6-9-10(13-4)14-8-15-11(9)16(5)7-12(2,3)17/h8,17H,6-7H2,1-5H3,(H,13,14,15). The smallest absolute Gasteiger partial charge is 0.137 e. The molecule has 96 valence electrons. The molecule has 5 heteroatoms. The van der Waals surface area contributed by atoms with Crippen LogP contribution >= 0.6 is 0 Å². The van der Waals surface area contributed by atoms with Crippen LogP contribution in [-0.4, -0.2) is 41.3 Å². The molecular weight excluding hydrogens is 216 g/mol. The molecule has 0 amide bonds. The summed E-state index contributed by atoms with van der Waals surface area (Å²) in [6, 6.07) is 0. The molecule has 0 unspecified atom stereocenters. The number of likely N-dealkylation sites (N-methyl/N-ethyl adjacent to an activating group) is 1. The lowest BCUT2D eigenvalue weighted by Gasteiger charge is -2.28. The molecule has 0 saturated carbocycles. The van der Waals surface area contributed by atoms with Gasteiger partial charge in [-0.15, -0.1) is 0 Å². The van der Waals surface area contributed by atoms with Crippen molar-refractivity contribution in [1.29, 1.82) is 0 Å². The number of anilines is 2. The Morgan fingerprint density at radius 3 is 2.53 bits per heavy atom. The Morgan fingerprint density at radius 2 is 2.06 bits per heavy atom. The van der Waals surface area contributed by atoms with Gasteiger partial charge in [-0.25, -0.2) is 9.97 Å². The lowest BCUT2D eigenvalue weighted by atomic mass is 10.1. The Bertz CT molecular complexity index is 373. The summed E-state index contributed by atoms with van der Waals surface area (Å²) in [5.74, 6) is 1.72. The van der Waals surface area contributed by atoms with Gasteiger partial charge in [0.25, 0.3) is 0 Å². The fourth-order valence-corrected chi connectivity index (χ4v) is 1.93.